The SMILES string of the molecule is N#Cc1ccc(C(=O)Nc2ccc3c(c2)[C@@]2(CCO3)N=C([AsH2])COCC2(F)F)nc1. The Morgan fingerprint density at radius 1 is 1.30 bits per heavy atom. The fourth-order valence-electron chi connectivity index (χ4n) is 3.55. The summed E-state index contributed by atoms with van der Waals surface area (Å²) in [6, 6.07) is 9.42. The number of carbonyl (C=O) groups is 1. The van der Waals surface area contributed by atoms with Crippen LogP contribution in [0.5, 0.6) is 5.75 Å². The molecule has 0 saturated carbocycles. The number of aromatic nitrogens is 1. The maximum atomic E-state index is 15.2. The van der Waals surface area contributed by atoms with Gasteiger partial charge in [0.2, 0.25) is 0 Å². The Balaban J connectivity index is 1.71. The molecule has 1 aromatic carbocycles. The van der Waals surface area contributed by atoms with Crippen LogP contribution in [-0.4, -0.2) is 58.0 Å². The first-order chi connectivity index (χ1) is 14.3. The number of amides is 1. The maximum absolute atomic E-state index is 15.2. The van der Waals surface area contributed by atoms with Crippen LogP contribution in [0.3, 0.4) is 0 Å². The Labute approximate surface area is 179 Å². The van der Waals surface area contributed by atoms with Gasteiger partial charge >= 0.3 is 168 Å². The van der Waals surface area contributed by atoms with Gasteiger partial charge in [-0.25, -0.2) is 0 Å². The predicted molar refractivity (Wildman–Crippen MR) is 107 cm³/mol. The molecule has 2 aliphatic heterocycles. The molecular weight excluding hydrogens is 457 g/mol. The third-order valence-electron chi connectivity index (χ3n) is 5.00. The number of nitrogens with one attached hydrogen (secondary N) is 1. The van der Waals surface area contributed by atoms with Crippen molar-refractivity contribution in [2.75, 3.05) is 25.1 Å². The average Bonchev–Trinajstić information content (AvgIpc) is 2.84. The summed E-state index contributed by atoms with van der Waals surface area (Å²) >= 11 is 1.14. The molecule has 10 heteroatoms. The molecule has 1 spiro atoms. The first kappa shape index (κ1) is 20.5. The molecule has 1 aromatic heterocycles. The number of anilines is 1. The number of carbonyl (C=O) groups excluding carboxylic acids is 1. The van der Waals surface area contributed by atoms with Crippen molar-refractivity contribution in [1.29, 1.82) is 5.26 Å². The van der Waals surface area contributed by atoms with Crippen LogP contribution in [0.1, 0.15) is 28.0 Å². The third-order valence-corrected chi connectivity index (χ3v) is 5.62. The number of halogens is 2. The number of benzene rings is 1. The van der Waals surface area contributed by atoms with Gasteiger partial charge in [-0.05, 0) is 0 Å². The van der Waals surface area contributed by atoms with Crippen molar-refractivity contribution in [3.63, 3.8) is 0 Å². The van der Waals surface area contributed by atoms with E-state index in [-0.39, 0.29) is 30.9 Å². The number of fused-ring (bicyclic) bond motifs is 2. The molecule has 0 aliphatic carbocycles. The molecule has 0 bridgehead atoms. The summed E-state index contributed by atoms with van der Waals surface area (Å²) in [6.07, 6.45) is 1.29. The zero-order chi connectivity index (χ0) is 21.4. The predicted octanol–water partition coefficient (Wildman–Crippen LogP) is 1.88. The normalized spacial score (nSPS) is 22.1. The Morgan fingerprint density at radius 2 is 2.13 bits per heavy atom. The summed E-state index contributed by atoms with van der Waals surface area (Å²) in [6.45, 7) is -0.573. The van der Waals surface area contributed by atoms with Gasteiger partial charge in [0.05, 0.1) is 0 Å². The van der Waals surface area contributed by atoms with Crippen LogP contribution in [-0.2, 0) is 10.3 Å². The Kier molecular flexibility index (Phi) is 5.31. The second-order valence-electron chi connectivity index (χ2n) is 6.97. The molecule has 1 N–H and O–H groups in total. The van der Waals surface area contributed by atoms with Gasteiger partial charge in [-0.15, -0.1) is 0 Å². The van der Waals surface area contributed by atoms with Gasteiger partial charge in [0.25, 0.3) is 0 Å². The van der Waals surface area contributed by atoms with Crippen molar-refractivity contribution in [3.05, 3.63) is 53.3 Å². The van der Waals surface area contributed by atoms with Crippen LogP contribution >= 0.6 is 0 Å². The average molecular weight is 474 g/mol. The van der Waals surface area contributed by atoms with Gasteiger partial charge in [0.15, 0.2) is 0 Å². The summed E-state index contributed by atoms with van der Waals surface area (Å²) in [5.74, 6) is -3.46. The van der Waals surface area contributed by atoms with Crippen LogP contribution in [0.2, 0.25) is 0 Å². The molecule has 7 nitrogen and oxygen atoms in total. The standard InChI is InChI=1S/C20H17AsF2N4O3/c21-17-10-29-11-20(22,23)19(27-17)5-6-30-16-4-2-13(7-14(16)19)26-18(28)15-3-1-12(8-24)9-25-15/h1-4,7,9H,5-6,10-11,21H2,(H,26,28)/t19-/m1/s1. The molecular formula is C20H17AsF2N4O3. The number of hydrogen-bond acceptors (Lipinski definition) is 6. The number of rotatable bonds is 2. The number of pyridine rings is 1. The summed E-state index contributed by atoms with van der Waals surface area (Å²) < 4.78 is 41.6. The van der Waals surface area contributed by atoms with Crippen molar-refractivity contribution in [3.8, 4) is 11.8 Å². The van der Waals surface area contributed by atoms with Gasteiger partial charge < -0.3 is 0 Å². The van der Waals surface area contributed by atoms with E-state index in [1.807, 2.05) is 6.07 Å². The van der Waals surface area contributed by atoms with Crippen LogP contribution in [0.4, 0.5) is 14.5 Å². The van der Waals surface area contributed by atoms with E-state index < -0.39 is 24.0 Å². The van der Waals surface area contributed by atoms with Gasteiger partial charge in [-0.1, -0.05) is 0 Å². The molecule has 154 valence electrons. The third kappa shape index (κ3) is 3.57. The molecule has 30 heavy (non-hydrogen) atoms. The number of nitrogens with zero attached hydrogens (tertiary/aromatic N) is 3. The van der Waals surface area contributed by atoms with Gasteiger partial charge in [0.1, 0.15) is 6.07 Å². The van der Waals surface area contributed by atoms with Crippen LogP contribution in [0.15, 0.2) is 41.5 Å². The first-order valence-electron chi connectivity index (χ1n) is 9.09. The quantitative estimate of drug-likeness (QED) is 0.671. The van der Waals surface area contributed by atoms with Crippen LogP contribution in [0.25, 0.3) is 0 Å². The Hall–Kier alpha value is -2.82. The molecule has 0 fully saturated rings. The van der Waals surface area contributed by atoms with E-state index in [2.05, 4.69) is 15.3 Å². The zero-order valence-electron chi connectivity index (χ0n) is 15.7. The van der Waals surface area contributed by atoms with Crippen LogP contribution in [0, 0.1) is 11.3 Å². The fraction of sp³-hybridized carbons (Fsp3) is 0.300. The minimum absolute atomic E-state index is 0.00163. The molecule has 2 atom stereocenters. The molecule has 1 amide bonds. The summed E-state index contributed by atoms with van der Waals surface area (Å²) in [7, 11) is 0. The van der Waals surface area contributed by atoms with E-state index in [1.165, 1.54) is 24.4 Å². The van der Waals surface area contributed by atoms with E-state index >= 15 is 8.78 Å². The van der Waals surface area contributed by atoms with E-state index in [4.69, 9.17) is 14.7 Å². The molecule has 1 unspecified atom stereocenters. The molecule has 0 saturated heterocycles. The van der Waals surface area contributed by atoms with Crippen molar-refractivity contribution < 1.29 is 23.0 Å². The number of ether oxygens (including phenoxy) is 2. The second-order valence-corrected chi connectivity index (χ2v) is 8.37. The van der Waals surface area contributed by atoms with Crippen molar-refractivity contribution in [2.45, 2.75) is 17.9 Å². The Bertz CT molecular complexity index is 1070. The van der Waals surface area contributed by atoms with E-state index in [0.29, 0.717) is 21.5 Å². The molecule has 2 aliphatic rings. The van der Waals surface area contributed by atoms with Crippen molar-refractivity contribution in [1.82, 2.24) is 4.98 Å². The number of aliphatic imine (C=N–C) groups is 1. The summed E-state index contributed by atoms with van der Waals surface area (Å²) in [5.41, 5.74) is -0.857. The van der Waals surface area contributed by atoms with Gasteiger partial charge in [-0.2, -0.15) is 5.26 Å². The molecule has 3 heterocycles. The topological polar surface area (TPSA) is 96.6 Å². The fourth-order valence-corrected chi connectivity index (χ4v) is 4.26. The number of hydrogen-bond donors (Lipinski definition) is 1. The summed E-state index contributed by atoms with van der Waals surface area (Å²) in [4.78, 5) is 20.8. The van der Waals surface area contributed by atoms with E-state index in [9.17, 15) is 4.79 Å². The second kappa shape index (κ2) is 7.78. The molecule has 2 aromatic rings. The number of alkyl halides is 2. The first-order valence-corrected chi connectivity index (χ1v) is 10.3. The van der Waals surface area contributed by atoms with E-state index in [0.717, 1.165) is 16.9 Å². The van der Waals surface area contributed by atoms with Gasteiger partial charge in [0, 0.05) is 0 Å². The molecule has 4 rings (SSSR count). The molecule has 0 radical (unpaired) electrons. The van der Waals surface area contributed by atoms with Crippen molar-refractivity contribution in [2.24, 2.45) is 4.99 Å². The Morgan fingerprint density at radius 3 is 2.87 bits per heavy atom. The summed E-state index contributed by atoms with van der Waals surface area (Å²) in [5, 5.41) is 11.5. The number of nitriles is 1. The van der Waals surface area contributed by atoms with Gasteiger partial charge in [-0.3, -0.25) is 0 Å². The zero-order valence-corrected chi connectivity index (χ0v) is 18.1. The van der Waals surface area contributed by atoms with E-state index in [1.54, 1.807) is 12.1 Å². The monoisotopic (exact) mass is 474 g/mol. The minimum atomic E-state index is -3.24. The van der Waals surface area contributed by atoms with Crippen LogP contribution < -0.4 is 10.1 Å². The van der Waals surface area contributed by atoms with Crippen molar-refractivity contribution >= 4 is 32.9 Å².